The van der Waals surface area contributed by atoms with Crippen molar-refractivity contribution >= 4 is 5.91 Å². The van der Waals surface area contributed by atoms with Gasteiger partial charge in [0.05, 0.1) is 0 Å². The summed E-state index contributed by atoms with van der Waals surface area (Å²) < 4.78 is 0. The number of aliphatic hydroxyl groups is 1. The molecule has 1 atom stereocenters. The van der Waals surface area contributed by atoms with E-state index < -0.39 is 0 Å². The van der Waals surface area contributed by atoms with Crippen molar-refractivity contribution in [2.75, 3.05) is 46.4 Å². The van der Waals surface area contributed by atoms with Crippen LogP contribution < -0.4 is 5.32 Å². The van der Waals surface area contributed by atoms with Gasteiger partial charge in [-0.2, -0.15) is 0 Å². The topological polar surface area (TPSA) is 55.8 Å². The van der Waals surface area contributed by atoms with Crippen molar-refractivity contribution in [1.29, 1.82) is 0 Å². The average molecular weight is 297 g/mol. The van der Waals surface area contributed by atoms with Crippen LogP contribution in [-0.2, 0) is 4.79 Å². The fourth-order valence-electron chi connectivity index (χ4n) is 3.43. The van der Waals surface area contributed by atoms with Gasteiger partial charge >= 0.3 is 0 Å². The third kappa shape index (κ3) is 5.57. The molecule has 0 bridgehead atoms. The Hall–Kier alpha value is -0.650. The molecule has 122 valence electrons. The molecule has 0 saturated carbocycles. The van der Waals surface area contributed by atoms with E-state index in [2.05, 4.69) is 22.2 Å². The van der Waals surface area contributed by atoms with Crippen LogP contribution in [0.5, 0.6) is 0 Å². The highest BCUT2D eigenvalue weighted by Crippen LogP contribution is 2.18. The first kappa shape index (κ1) is 16.7. The zero-order chi connectivity index (χ0) is 15.1. The largest absolute Gasteiger partial charge is 0.396 e. The van der Waals surface area contributed by atoms with Crippen LogP contribution in [0.3, 0.4) is 0 Å². The number of hydrogen-bond acceptors (Lipinski definition) is 4. The van der Waals surface area contributed by atoms with Crippen molar-refractivity contribution in [1.82, 2.24) is 15.1 Å². The van der Waals surface area contributed by atoms with E-state index in [0.717, 1.165) is 52.0 Å². The number of hydrogen-bond donors (Lipinski definition) is 2. The third-order valence-electron chi connectivity index (χ3n) is 5.06. The maximum Gasteiger partial charge on any atom is 0.221 e. The SMILES string of the molecule is CN1CCCC[C@H]1CC(=O)NCCN1CCC(CO)CC1. The van der Waals surface area contributed by atoms with Crippen LogP contribution in [0.15, 0.2) is 0 Å². The van der Waals surface area contributed by atoms with E-state index >= 15 is 0 Å². The van der Waals surface area contributed by atoms with E-state index in [9.17, 15) is 4.79 Å². The standard InChI is InChI=1S/C16H31N3O2/c1-18-8-3-2-4-15(18)12-16(21)17-7-11-19-9-5-14(13-20)6-10-19/h14-15,20H,2-13H2,1H3,(H,17,21)/t15-/m0/s1. The molecule has 2 fully saturated rings. The van der Waals surface area contributed by atoms with Crippen LogP contribution in [-0.4, -0.2) is 73.2 Å². The van der Waals surface area contributed by atoms with Gasteiger partial charge in [0.1, 0.15) is 0 Å². The molecule has 5 nitrogen and oxygen atoms in total. The second-order valence-electron chi connectivity index (χ2n) is 6.65. The van der Waals surface area contributed by atoms with E-state index in [1.54, 1.807) is 0 Å². The summed E-state index contributed by atoms with van der Waals surface area (Å²) in [6.45, 7) is 5.22. The summed E-state index contributed by atoms with van der Waals surface area (Å²) in [6, 6.07) is 0.430. The Bertz CT molecular complexity index is 317. The zero-order valence-corrected chi connectivity index (χ0v) is 13.4. The highest BCUT2D eigenvalue weighted by molar-refractivity contribution is 5.76. The number of rotatable bonds is 6. The zero-order valence-electron chi connectivity index (χ0n) is 13.4. The molecule has 2 aliphatic heterocycles. The summed E-state index contributed by atoms with van der Waals surface area (Å²) in [5, 5.41) is 12.2. The fraction of sp³-hybridized carbons (Fsp3) is 0.938. The molecule has 5 heteroatoms. The van der Waals surface area contributed by atoms with E-state index in [4.69, 9.17) is 5.11 Å². The average Bonchev–Trinajstić information content (AvgIpc) is 2.50. The number of nitrogens with one attached hydrogen (secondary N) is 1. The lowest BCUT2D eigenvalue weighted by Crippen LogP contribution is -2.43. The van der Waals surface area contributed by atoms with Gasteiger partial charge in [0.2, 0.25) is 5.91 Å². The van der Waals surface area contributed by atoms with Gasteiger partial charge in [-0.15, -0.1) is 0 Å². The van der Waals surface area contributed by atoms with Crippen LogP contribution in [0.1, 0.15) is 38.5 Å². The van der Waals surface area contributed by atoms with Crippen LogP contribution >= 0.6 is 0 Å². The first-order valence-electron chi connectivity index (χ1n) is 8.49. The second-order valence-corrected chi connectivity index (χ2v) is 6.65. The molecular formula is C16H31N3O2. The number of piperidine rings is 2. The Balaban J connectivity index is 1.57. The molecule has 2 rings (SSSR count). The lowest BCUT2D eigenvalue weighted by molar-refractivity contribution is -0.122. The highest BCUT2D eigenvalue weighted by Gasteiger charge is 2.22. The van der Waals surface area contributed by atoms with Gasteiger partial charge in [-0.05, 0) is 58.3 Å². The van der Waals surface area contributed by atoms with Crippen LogP contribution in [0, 0.1) is 5.92 Å². The molecule has 2 aliphatic rings. The molecule has 2 N–H and O–H groups in total. The van der Waals surface area contributed by atoms with Gasteiger partial charge in [-0.1, -0.05) is 6.42 Å². The van der Waals surface area contributed by atoms with Crippen molar-refractivity contribution in [2.45, 2.75) is 44.6 Å². The molecular weight excluding hydrogens is 266 g/mol. The number of carbonyl (C=O) groups is 1. The molecule has 0 aromatic carbocycles. The van der Waals surface area contributed by atoms with Gasteiger partial charge in [-0.3, -0.25) is 4.79 Å². The van der Waals surface area contributed by atoms with Gasteiger partial charge in [0.15, 0.2) is 0 Å². The lowest BCUT2D eigenvalue weighted by atomic mass is 9.98. The maximum absolute atomic E-state index is 12.0. The Morgan fingerprint density at radius 1 is 1.19 bits per heavy atom. The quantitative estimate of drug-likeness (QED) is 0.757. The minimum atomic E-state index is 0.194. The summed E-state index contributed by atoms with van der Waals surface area (Å²) in [4.78, 5) is 16.7. The van der Waals surface area contributed by atoms with Gasteiger partial charge in [0, 0.05) is 32.2 Å². The van der Waals surface area contributed by atoms with Crippen LogP contribution in [0.2, 0.25) is 0 Å². The molecule has 2 saturated heterocycles. The van der Waals surface area contributed by atoms with Gasteiger partial charge < -0.3 is 20.2 Å². The van der Waals surface area contributed by atoms with Crippen LogP contribution in [0.4, 0.5) is 0 Å². The maximum atomic E-state index is 12.0. The van der Waals surface area contributed by atoms with Crippen molar-refractivity contribution in [3.63, 3.8) is 0 Å². The first-order valence-corrected chi connectivity index (χ1v) is 8.49. The van der Waals surface area contributed by atoms with Gasteiger partial charge in [0.25, 0.3) is 0 Å². The number of aliphatic hydroxyl groups excluding tert-OH is 1. The molecule has 2 heterocycles. The third-order valence-corrected chi connectivity index (χ3v) is 5.06. The van der Waals surface area contributed by atoms with Crippen molar-refractivity contribution in [3.05, 3.63) is 0 Å². The summed E-state index contributed by atoms with van der Waals surface area (Å²) >= 11 is 0. The number of amides is 1. The van der Waals surface area contributed by atoms with E-state index in [1.165, 1.54) is 12.8 Å². The molecule has 0 spiro atoms. The van der Waals surface area contributed by atoms with E-state index in [-0.39, 0.29) is 5.91 Å². The number of nitrogens with zero attached hydrogens (tertiary/aromatic N) is 2. The monoisotopic (exact) mass is 297 g/mol. The minimum absolute atomic E-state index is 0.194. The predicted octanol–water partition coefficient (Wildman–Crippen LogP) is 0.681. The Morgan fingerprint density at radius 2 is 1.95 bits per heavy atom. The van der Waals surface area contributed by atoms with E-state index in [1.807, 2.05) is 0 Å². The van der Waals surface area contributed by atoms with Crippen LogP contribution in [0.25, 0.3) is 0 Å². The van der Waals surface area contributed by atoms with E-state index in [0.29, 0.717) is 25.0 Å². The summed E-state index contributed by atoms with van der Waals surface area (Å²) in [6.07, 6.45) is 6.47. The number of carbonyl (C=O) groups excluding carboxylic acids is 1. The Kier molecular flexibility index (Phi) is 6.93. The normalized spacial score (nSPS) is 25.9. The molecule has 0 unspecified atom stereocenters. The molecule has 1 amide bonds. The highest BCUT2D eigenvalue weighted by atomic mass is 16.3. The summed E-state index contributed by atoms with van der Waals surface area (Å²) in [5.41, 5.74) is 0. The molecule has 21 heavy (non-hydrogen) atoms. The fourth-order valence-corrected chi connectivity index (χ4v) is 3.43. The van der Waals surface area contributed by atoms with Crippen molar-refractivity contribution in [3.8, 4) is 0 Å². The Morgan fingerprint density at radius 3 is 2.62 bits per heavy atom. The van der Waals surface area contributed by atoms with Gasteiger partial charge in [-0.25, -0.2) is 0 Å². The van der Waals surface area contributed by atoms with Crippen molar-refractivity contribution < 1.29 is 9.90 Å². The minimum Gasteiger partial charge on any atom is -0.396 e. The summed E-state index contributed by atoms with van der Waals surface area (Å²) in [7, 11) is 2.13. The predicted molar refractivity (Wildman–Crippen MR) is 84.1 cm³/mol. The first-order chi connectivity index (χ1) is 10.2. The lowest BCUT2D eigenvalue weighted by Gasteiger charge is -2.32. The van der Waals surface area contributed by atoms with Crippen molar-refractivity contribution in [2.24, 2.45) is 5.92 Å². The smallest absolute Gasteiger partial charge is 0.221 e. The summed E-state index contributed by atoms with van der Waals surface area (Å²) in [5.74, 6) is 0.677. The molecule has 0 aliphatic carbocycles. The second kappa shape index (κ2) is 8.71. The molecule has 0 radical (unpaired) electrons. The molecule has 0 aromatic heterocycles. The number of likely N-dealkylation sites (tertiary alicyclic amines) is 2. The molecule has 0 aromatic rings. The Labute approximate surface area is 128 Å².